The van der Waals surface area contributed by atoms with E-state index in [0.29, 0.717) is 10.6 Å². The van der Waals surface area contributed by atoms with Crippen LogP contribution in [0, 0.1) is 0 Å². The van der Waals surface area contributed by atoms with Gasteiger partial charge in [-0.05, 0) is 61.7 Å². The number of piperidine rings is 1. The summed E-state index contributed by atoms with van der Waals surface area (Å²) in [7, 11) is 1.64. The molecule has 0 radical (unpaired) electrons. The Hall–Kier alpha value is -2.20. The normalized spacial score (nSPS) is 14.3. The summed E-state index contributed by atoms with van der Waals surface area (Å²) in [6.07, 6.45) is 3.32. The average Bonchev–Trinajstić information content (AvgIpc) is 2.64. The van der Waals surface area contributed by atoms with Gasteiger partial charge in [0.05, 0.1) is 18.4 Å². The second kappa shape index (κ2) is 7.58. The fraction of sp³-hybridized carbons (Fsp3) is 0.316. The van der Waals surface area contributed by atoms with Crippen LogP contribution in [0.3, 0.4) is 0 Å². The summed E-state index contributed by atoms with van der Waals surface area (Å²) in [6.45, 7) is 1.63. The molecule has 5 heteroatoms. The Morgan fingerprint density at radius 2 is 1.79 bits per heavy atom. The molecule has 4 nitrogen and oxygen atoms in total. The molecule has 0 aliphatic carbocycles. The molecule has 2 aromatic carbocycles. The van der Waals surface area contributed by atoms with Crippen LogP contribution in [0.15, 0.2) is 42.5 Å². The molecule has 0 bridgehead atoms. The Labute approximate surface area is 147 Å². The predicted octanol–water partition coefficient (Wildman–Crippen LogP) is 4.72. The fourth-order valence-electron chi connectivity index (χ4n) is 2.90. The van der Waals surface area contributed by atoms with Crippen LogP contribution >= 0.6 is 11.6 Å². The van der Waals surface area contributed by atoms with E-state index in [9.17, 15) is 4.79 Å². The lowest BCUT2D eigenvalue weighted by atomic mass is 10.1. The Kier molecular flexibility index (Phi) is 5.26. The number of anilines is 2. The summed E-state index contributed by atoms with van der Waals surface area (Å²) < 4.78 is 5.17. The fourth-order valence-corrected chi connectivity index (χ4v) is 3.07. The van der Waals surface area contributed by atoms with Gasteiger partial charge in [-0.1, -0.05) is 11.6 Å². The van der Waals surface area contributed by atoms with Gasteiger partial charge in [0, 0.05) is 23.8 Å². The number of nitrogens with zero attached hydrogens (tertiary/aromatic N) is 1. The van der Waals surface area contributed by atoms with Gasteiger partial charge in [0.2, 0.25) is 0 Å². The SMILES string of the molecule is COc1ccc(Nc2ccc(Cl)cc2C(=O)N2CCCCC2)cc1. The Morgan fingerprint density at radius 3 is 2.46 bits per heavy atom. The Bertz CT molecular complexity index is 710. The van der Waals surface area contributed by atoms with Gasteiger partial charge >= 0.3 is 0 Å². The van der Waals surface area contributed by atoms with Gasteiger partial charge in [-0.2, -0.15) is 0 Å². The number of rotatable bonds is 4. The molecule has 0 aromatic heterocycles. The van der Waals surface area contributed by atoms with Crippen LogP contribution in [0.4, 0.5) is 11.4 Å². The van der Waals surface area contributed by atoms with E-state index in [1.807, 2.05) is 35.2 Å². The third-order valence-electron chi connectivity index (χ3n) is 4.22. The molecule has 0 saturated carbocycles. The first-order chi connectivity index (χ1) is 11.7. The highest BCUT2D eigenvalue weighted by molar-refractivity contribution is 6.31. The smallest absolute Gasteiger partial charge is 0.256 e. The number of carbonyl (C=O) groups excluding carboxylic acids is 1. The van der Waals surface area contributed by atoms with Crippen molar-refractivity contribution in [2.24, 2.45) is 0 Å². The highest BCUT2D eigenvalue weighted by Gasteiger charge is 2.21. The van der Waals surface area contributed by atoms with Gasteiger partial charge in [-0.15, -0.1) is 0 Å². The molecular weight excluding hydrogens is 324 g/mol. The minimum absolute atomic E-state index is 0.0354. The van der Waals surface area contributed by atoms with E-state index in [2.05, 4.69) is 5.32 Å². The largest absolute Gasteiger partial charge is 0.497 e. The van der Waals surface area contributed by atoms with Crippen molar-refractivity contribution in [1.82, 2.24) is 4.90 Å². The van der Waals surface area contributed by atoms with E-state index in [1.165, 1.54) is 6.42 Å². The van der Waals surface area contributed by atoms with E-state index >= 15 is 0 Å². The maximum Gasteiger partial charge on any atom is 0.256 e. The average molecular weight is 345 g/mol. The second-order valence-electron chi connectivity index (χ2n) is 5.90. The lowest BCUT2D eigenvalue weighted by molar-refractivity contribution is 0.0725. The summed E-state index contributed by atoms with van der Waals surface area (Å²) in [5.41, 5.74) is 2.27. The third kappa shape index (κ3) is 3.82. The number of likely N-dealkylation sites (tertiary alicyclic amines) is 1. The van der Waals surface area contributed by atoms with Gasteiger partial charge in [0.25, 0.3) is 5.91 Å². The number of halogens is 1. The highest BCUT2D eigenvalue weighted by atomic mass is 35.5. The number of carbonyl (C=O) groups is 1. The number of methoxy groups -OCH3 is 1. The van der Waals surface area contributed by atoms with Gasteiger partial charge < -0.3 is 15.0 Å². The van der Waals surface area contributed by atoms with Gasteiger partial charge in [0.1, 0.15) is 5.75 Å². The molecule has 126 valence electrons. The van der Waals surface area contributed by atoms with E-state index in [1.54, 1.807) is 19.2 Å². The first-order valence-corrected chi connectivity index (χ1v) is 8.55. The van der Waals surface area contributed by atoms with Crippen molar-refractivity contribution in [3.8, 4) is 5.75 Å². The minimum atomic E-state index is 0.0354. The van der Waals surface area contributed by atoms with Crippen LogP contribution in [0.1, 0.15) is 29.6 Å². The zero-order chi connectivity index (χ0) is 16.9. The van der Waals surface area contributed by atoms with Crippen molar-refractivity contribution in [2.45, 2.75) is 19.3 Å². The molecule has 0 atom stereocenters. The van der Waals surface area contributed by atoms with Gasteiger partial charge in [-0.25, -0.2) is 0 Å². The molecule has 1 aliphatic heterocycles. The zero-order valence-corrected chi connectivity index (χ0v) is 14.5. The van der Waals surface area contributed by atoms with Crippen LogP contribution in [0.5, 0.6) is 5.75 Å². The summed E-state index contributed by atoms with van der Waals surface area (Å²) in [5, 5.41) is 3.87. The quantitative estimate of drug-likeness (QED) is 0.872. The van der Waals surface area contributed by atoms with E-state index in [4.69, 9.17) is 16.3 Å². The second-order valence-corrected chi connectivity index (χ2v) is 6.33. The highest BCUT2D eigenvalue weighted by Crippen LogP contribution is 2.27. The maximum absolute atomic E-state index is 12.9. The van der Waals surface area contributed by atoms with Crippen LogP contribution in [-0.4, -0.2) is 31.0 Å². The van der Waals surface area contributed by atoms with E-state index in [-0.39, 0.29) is 5.91 Å². The summed E-state index contributed by atoms with van der Waals surface area (Å²) in [6, 6.07) is 13.0. The molecule has 2 aromatic rings. The number of amides is 1. The number of ether oxygens (including phenoxy) is 1. The molecule has 1 N–H and O–H groups in total. The van der Waals surface area contributed by atoms with Crippen molar-refractivity contribution in [2.75, 3.05) is 25.5 Å². The third-order valence-corrected chi connectivity index (χ3v) is 4.46. The van der Waals surface area contributed by atoms with Crippen LogP contribution < -0.4 is 10.1 Å². The topological polar surface area (TPSA) is 41.6 Å². The van der Waals surface area contributed by atoms with Crippen molar-refractivity contribution < 1.29 is 9.53 Å². The first-order valence-electron chi connectivity index (χ1n) is 8.17. The summed E-state index contributed by atoms with van der Waals surface area (Å²) >= 11 is 6.13. The van der Waals surface area contributed by atoms with E-state index < -0.39 is 0 Å². The number of hydrogen-bond donors (Lipinski definition) is 1. The molecule has 1 amide bonds. The van der Waals surface area contributed by atoms with E-state index in [0.717, 1.165) is 43.1 Å². The number of nitrogens with one attached hydrogen (secondary N) is 1. The zero-order valence-electron chi connectivity index (χ0n) is 13.7. The summed E-state index contributed by atoms with van der Waals surface area (Å²) in [4.78, 5) is 14.8. The first kappa shape index (κ1) is 16.7. The van der Waals surface area contributed by atoms with Crippen molar-refractivity contribution in [1.29, 1.82) is 0 Å². The summed E-state index contributed by atoms with van der Waals surface area (Å²) in [5.74, 6) is 0.828. The molecule has 1 heterocycles. The molecule has 24 heavy (non-hydrogen) atoms. The predicted molar refractivity (Wildman–Crippen MR) is 97.5 cm³/mol. The molecule has 3 rings (SSSR count). The minimum Gasteiger partial charge on any atom is -0.497 e. The lowest BCUT2D eigenvalue weighted by Crippen LogP contribution is -2.35. The Morgan fingerprint density at radius 1 is 1.08 bits per heavy atom. The molecule has 1 saturated heterocycles. The van der Waals surface area contributed by atoms with Gasteiger partial charge in [0.15, 0.2) is 0 Å². The number of hydrogen-bond acceptors (Lipinski definition) is 3. The van der Waals surface area contributed by atoms with Crippen molar-refractivity contribution in [3.05, 3.63) is 53.1 Å². The van der Waals surface area contributed by atoms with Crippen molar-refractivity contribution >= 4 is 28.9 Å². The van der Waals surface area contributed by atoms with Crippen LogP contribution in [0.25, 0.3) is 0 Å². The van der Waals surface area contributed by atoms with Gasteiger partial charge in [-0.3, -0.25) is 4.79 Å². The molecule has 1 fully saturated rings. The standard InChI is InChI=1S/C19H21ClN2O2/c1-24-16-8-6-15(7-9-16)21-18-10-5-14(20)13-17(18)19(23)22-11-3-2-4-12-22/h5-10,13,21H,2-4,11-12H2,1H3. The van der Waals surface area contributed by atoms with Crippen LogP contribution in [-0.2, 0) is 0 Å². The maximum atomic E-state index is 12.9. The van der Waals surface area contributed by atoms with Crippen LogP contribution in [0.2, 0.25) is 5.02 Å². The molecule has 0 spiro atoms. The molecular formula is C19H21ClN2O2. The lowest BCUT2D eigenvalue weighted by Gasteiger charge is -2.27. The number of benzene rings is 2. The Balaban J connectivity index is 1.85. The van der Waals surface area contributed by atoms with Crippen molar-refractivity contribution in [3.63, 3.8) is 0 Å². The monoisotopic (exact) mass is 344 g/mol. The molecule has 0 unspecified atom stereocenters. The molecule has 1 aliphatic rings.